The van der Waals surface area contributed by atoms with Crippen LogP contribution in [0.25, 0.3) is 0 Å². The number of benzene rings is 2. The van der Waals surface area contributed by atoms with Gasteiger partial charge < -0.3 is 40.2 Å². The molecule has 4 N–H and O–H groups in total. The maximum atomic E-state index is 14.3. The van der Waals surface area contributed by atoms with E-state index >= 15 is 0 Å². The van der Waals surface area contributed by atoms with Crippen LogP contribution in [0.15, 0.2) is 42.5 Å². The van der Waals surface area contributed by atoms with E-state index in [2.05, 4.69) is 28.1 Å². The third-order valence-corrected chi connectivity index (χ3v) is 8.29. The molecule has 1 aliphatic heterocycles. The summed E-state index contributed by atoms with van der Waals surface area (Å²) in [6, 6.07) is 11.9. The number of nitrogens with zero attached hydrogens (tertiary/aromatic N) is 1. The van der Waals surface area contributed by atoms with Gasteiger partial charge in [0.05, 0.1) is 19.3 Å². The van der Waals surface area contributed by atoms with Gasteiger partial charge in [-0.05, 0) is 59.1 Å². The summed E-state index contributed by atoms with van der Waals surface area (Å²) in [6.07, 6.45) is 1.95. The second kappa shape index (κ2) is 15.9. The van der Waals surface area contributed by atoms with Gasteiger partial charge in [-0.15, -0.1) is 0 Å². The summed E-state index contributed by atoms with van der Waals surface area (Å²) < 4.78 is 16.3. The molecule has 0 aromatic heterocycles. The topological polar surface area (TPSA) is 156 Å². The zero-order chi connectivity index (χ0) is 33.3. The van der Waals surface area contributed by atoms with E-state index in [-0.39, 0.29) is 57.4 Å². The number of carboxylic acid groups (broad SMARTS) is 1. The van der Waals surface area contributed by atoms with Crippen LogP contribution in [-0.4, -0.2) is 86.0 Å². The molecule has 12 nitrogen and oxygen atoms in total. The number of carbonyl (C=O) groups is 4. The number of aryl methyl sites for hydroxylation is 1. The van der Waals surface area contributed by atoms with Crippen LogP contribution in [-0.2, 0) is 43.2 Å². The van der Waals surface area contributed by atoms with Crippen LogP contribution < -0.4 is 20.7 Å². The molecule has 2 unspecified atom stereocenters. The Labute approximate surface area is 270 Å². The third kappa shape index (κ3) is 9.20. The quantitative estimate of drug-likeness (QED) is 0.244. The summed E-state index contributed by atoms with van der Waals surface area (Å²) in [6.45, 7) is 6.53. The zero-order valence-electron chi connectivity index (χ0n) is 27.1. The van der Waals surface area contributed by atoms with Crippen molar-refractivity contribution in [1.82, 2.24) is 20.9 Å². The first-order chi connectivity index (χ1) is 22.0. The Bertz CT molecular complexity index is 1390. The van der Waals surface area contributed by atoms with Crippen LogP contribution in [0.2, 0.25) is 0 Å². The van der Waals surface area contributed by atoms with E-state index in [9.17, 15) is 19.2 Å². The minimum absolute atomic E-state index is 0.145. The number of fused-ring (bicyclic) bond motifs is 2. The highest BCUT2D eigenvalue weighted by Gasteiger charge is 2.42. The molecule has 1 aliphatic carbocycles. The normalized spacial score (nSPS) is 18.0. The number of methoxy groups -OCH3 is 1. The molecule has 0 spiro atoms. The highest BCUT2D eigenvalue weighted by molar-refractivity contribution is 5.93. The Morgan fingerprint density at radius 3 is 2.54 bits per heavy atom. The molecule has 46 heavy (non-hydrogen) atoms. The van der Waals surface area contributed by atoms with E-state index in [1.165, 1.54) is 12.7 Å². The molecule has 2 aromatic rings. The van der Waals surface area contributed by atoms with E-state index in [1.807, 2.05) is 51.1 Å². The SMILES string of the molecule is COCC(=O)NC(C(=O)N1Cc2cc(OCCOCCNC(=O)O)ccc2CC1C(=O)N[C@@H]1CCCc2ccccc21)C(C)(C)C. The number of rotatable bonds is 13. The van der Waals surface area contributed by atoms with E-state index < -0.39 is 29.5 Å². The number of ether oxygens (including phenoxy) is 3. The number of hydrogen-bond donors (Lipinski definition) is 4. The lowest BCUT2D eigenvalue weighted by atomic mass is 9.84. The number of carbonyl (C=O) groups excluding carboxylic acids is 3. The average molecular weight is 639 g/mol. The third-order valence-electron chi connectivity index (χ3n) is 8.29. The second-order valence-electron chi connectivity index (χ2n) is 12.8. The first kappa shape index (κ1) is 34.7. The summed E-state index contributed by atoms with van der Waals surface area (Å²) in [5.41, 5.74) is 3.48. The number of nitrogens with one attached hydrogen (secondary N) is 3. The second-order valence-corrected chi connectivity index (χ2v) is 12.8. The fourth-order valence-electron chi connectivity index (χ4n) is 5.99. The first-order valence-electron chi connectivity index (χ1n) is 15.7. The van der Waals surface area contributed by atoms with Gasteiger partial charge >= 0.3 is 6.09 Å². The Kier molecular flexibility index (Phi) is 12.0. The van der Waals surface area contributed by atoms with Gasteiger partial charge in [-0.3, -0.25) is 14.4 Å². The van der Waals surface area contributed by atoms with Crippen molar-refractivity contribution in [2.45, 2.75) is 71.1 Å². The van der Waals surface area contributed by atoms with Crippen molar-refractivity contribution in [3.63, 3.8) is 0 Å². The van der Waals surface area contributed by atoms with Crippen molar-refractivity contribution in [3.8, 4) is 5.75 Å². The zero-order valence-corrected chi connectivity index (χ0v) is 27.1. The van der Waals surface area contributed by atoms with Crippen LogP contribution in [0.1, 0.15) is 61.9 Å². The smallest absolute Gasteiger partial charge is 0.404 e. The molecule has 0 saturated heterocycles. The Morgan fingerprint density at radius 2 is 1.80 bits per heavy atom. The van der Waals surface area contributed by atoms with Crippen molar-refractivity contribution < 1.29 is 38.5 Å². The predicted molar refractivity (Wildman–Crippen MR) is 170 cm³/mol. The summed E-state index contributed by atoms with van der Waals surface area (Å²) in [7, 11) is 1.42. The lowest BCUT2D eigenvalue weighted by Crippen LogP contribution is -2.61. The average Bonchev–Trinajstić information content (AvgIpc) is 3.01. The summed E-state index contributed by atoms with van der Waals surface area (Å²) in [4.78, 5) is 53.1. The number of hydrogen-bond acceptors (Lipinski definition) is 7. The highest BCUT2D eigenvalue weighted by Crippen LogP contribution is 2.33. The van der Waals surface area contributed by atoms with Crippen molar-refractivity contribution in [1.29, 1.82) is 0 Å². The molecular weight excluding hydrogens is 592 g/mol. The van der Waals surface area contributed by atoms with Gasteiger partial charge in [-0.25, -0.2) is 4.79 Å². The summed E-state index contributed by atoms with van der Waals surface area (Å²) in [5.74, 6) is -0.404. The minimum Gasteiger partial charge on any atom is -0.491 e. The van der Waals surface area contributed by atoms with Gasteiger partial charge in [-0.1, -0.05) is 51.1 Å². The van der Waals surface area contributed by atoms with Crippen LogP contribution >= 0.6 is 0 Å². The minimum atomic E-state index is -1.10. The lowest BCUT2D eigenvalue weighted by Gasteiger charge is -2.41. The monoisotopic (exact) mass is 638 g/mol. The fourth-order valence-corrected chi connectivity index (χ4v) is 5.99. The molecule has 0 bridgehead atoms. The van der Waals surface area contributed by atoms with E-state index in [0.29, 0.717) is 12.2 Å². The Hall–Kier alpha value is -4.16. The van der Waals surface area contributed by atoms with Crippen LogP contribution in [0, 0.1) is 5.41 Å². The lowest BCUT2D eigenvalue weighted by molar-refractivity contribution is -0.147. The molecule has 0 fully saturated rings. The molecule has 0 radical (unpaired) electrons. The predicted octanol–water partition coefficient (Wildman–Crippen LogP) is 2.97. The maximum absolute atomic E-state index is 14.3. The van der Waals surface area contributed by atoms with Crippen LogP contribution in [0.5, 0.6) is 5.75 Å². The van der Waals surface area contributed by atoms with Gasteiger partial charge in [0.25, 0.3) is 0 Å². The molecule has 1 heterocycles. The molecule has 12 heteroatoms. The van der Waals surface area contributed by atoms with Crippen LogP contribution in [0.3, 0.4) is 0 Å². The van der Waals surface area contributed by atoms with Gasteiger partial charge in [0.2, 0.25) is 17.7 Å². The standard InChI is InChI=1S/C34H46N4O8/c1-34(2,3)30(37-29(39)21-44-4)32(41)38-20-24-18-25(46-17-16-45-15-14-35-33(42)43)13-12-23(24)19-28(38)31(40)36-27-11-7-9-22-8-5-6-10-26(22)27/h5-6,8,10,12-13,18,27-28,30,35H,7,9,11,14-17,19-21H2,1-4H3,(H,36,40)(H,37,39)(H,42,43)/t27-,28?,30?/m1/s1. The van der Waals surface area contributed by atoms with E-state index in [1.54, 1.807) is 4.90 Å². The molecule has 250 valence electrons. The van der Waals surface area contributed by atoms with Gasteiger partial charge in [0.15, 0.2) is 0 Å². The molecular formula is C34H46N4O8. The van der Waals surface area contributed by atoms with Crippen molar-refractivity contribution in [2.75, 3.05) is 40.1 Å². The fraction of sp³-hybridized carbons (Fsp3) is 0.529. The van der Waals surface area contributed by atoms with Crippen LogP contribution in [0.4, 0.5) is 4.79 Å². The van der Waals surface area contributed by atoms with Crippen molar-refractivity contribution >= 4 is 23.8 Å². The molecule has 2 aromatic carbocycles. The Morgan fingerprint density at radius 1 is 1.02 bits per heavy atom. The summed E-state index contributed by atoms with van der Waals surface area (Å²) in [5, 5.41) is 17.0. The molecule has 2 aliphatic rings. The first-order valence-corrected chi connectivity index (χ1v) is 15.7. The maximum Gasteiger partial charge on any atom is 0.404 e. The molecule has 0 saturated carbocycles. The Balaban J connectivity index is 1.54. The highest BCUT2D eigenvalue weighted by atomic mass is 16.5. The van der Waals surface area contributed by atoms with Crippen molar-refractivity contribution in [3.05, 3.63) is 64.7 Å². The largest absolute Gasteiger partial charge is 0.491 e. The molecule has 4 rings (SSSR count). The van der Waals surface area contributed by atoms with Crippen molar-refractivity contribution in [2.24, 2.45) is 5.41 Å². The molecule has 3 atom stereocenters. The van der Waals surface area contributed by atoms with Gasteiger partial charge in [0.1, 0.15) is 31.0 Å². The summed E-state index contributed by atoms with van der Waals surface area (Å²) >= 11 is 0. The molecule has 4 amide bonds. The number of amides is 4. The van der Waals surface area contributed by atoms with Gasteiger partial charge in [0, 0.05) is 26.6 Å². The van der Waals surface area contributed by atoms with E-state index in [0.717, 1.165) is 36.0 Å². The van der Waals surface area contributed by atoms with Gasteiger partial charge in [-0.2, -0.15) is 0 Å². The van der Waals surface area contributed by atoms with E-state index in [4.69, 9.17) is 19.3 Å².